The highest BCUT2D eigenvalue weighted by atomic mass is 79.9. The Hall–Kier alpha value is -2.84. The molecule has 1 saturated heterocycles. The van der Waals surface area contributed by atoms with E-state index in [2.05, 4.69) is 20.9 Å². The molecule has 3 heterocycles. The molecule has 0 aliphatic carbocycles. The fourth-order valence-electron chi connectivity index (χ4n) is 4.39. The molecule has 0 N–H and O–H groups in total. The number of hydrogen-bond donors (Lipinski definition) is 0. The zero-order valence-corrected chi connectivity index (χ0v) is 21.0. The van der Waals surface area contributed by atoms with Crippen molar-refractivity contribution in [1.29, 1.82) is 0 Å². The molecule has 0 unspecified atom stereocenters. The molecule has 1 aliphatic heterocycles. The number of aromatic nitrogens is 2. The average molecular weight is 540 g/mol. The van der Waals surface area contributed by atoms with Gasteiger partial charge in [0.15, 0.2) is 10.6 Å². The van der Waals surface area contributed by atoms with E-state index in [1.807, 2.05) is 42.2 Å². The van der Waals surface area contributed by atoms with E-state index in [1.54, 1.807) is 12.1 Å². The second-order valence-corrected chi connectivity index (χ2v) is 10.3. The normalized spacial score (nSPS) is 16.1. The number of thiazole rings is 1. The van der Waals surface area contributed by atoms with Crippen LogP contribution in [0.3, 0.4) is 0 Å². The number of aryl methyl sites for hydroxylation is 1. The molecule has 5 nitrogen and oxygen atoms in total. The van der Waals surface area contributed by atoms with Crippen molar-refractivity contribution in [2.75, 3.05) is 6.54 Å². The molecule has 2 aromatic carbocycles. The number of piperidine rings is 1. The summed E-state index contributed by atoms with van der Waals surface area (Å²) in [4.78, 5) is 25.7. The maximum atomic E-state index is 13.7. The zero-order valence-electron chi connectivity index (χ0n) is 18.6. The van der Waals surface area contributed by atoms with Crippen LogP contribution in [0.5, 0.6) is 0 Å². The molecule has 174 valence electrons. The van der Waals surface area contributed by atoms with Crippen LogP contribution in [0.1, 0.15) is 40.6 Å². The predicted octanol–water partition coefficient (Wildman–Crippen LogP) is 6.91. The van der Waals surface area contributed by atoms with Crippen molar-refractivity contribution in [3.8, 4) is 21.7 Å². The Morgan fingerprint density at radius 2 is 1.88 bits per heavy atom. The van der Waals surface area contributed by atoms with Gasteiger partial charge in [0.25, 0.3) is 5.91 Å². The van der Waals surface area contributed by atoms with Crippen LogP contribution in [0, 0.1) is 12.7 Å². The molecular weight excluding hydrogens is 517 g/mol. The molecular formula is C26H23BrFN3O2S. The zero-order chi connectivity index (χ0) is 23.7. The van der Waals surface area contributed by atoms with Crippen LogP contribution in [0.2, 0.25) is 0 Å². The lowest BCUT2D eigenvalue weighted by Gasteiger charge is -2.35. The minimum atomic E-state index is -0.305. The van der Waals surface area contributed by atoms with E-state index in [0.29, 0.717) is 29.2 Å². The van der Waals surface area contributed by atoms with Gasteiger partial charge in [-0.3, -0.25) is 4.79 Å². The summed E-state index contributed by atoms with van der Waals surface area (Å²) in [6.07, 6.45) is 3.40. The third kappa shape index (κ3) is 4.70. The number of carbonyl (C=O) groups excluding carboxylic acids is 1. The highest BCUT2D eigenvalue weighted by Crippen LogP contribution is 2.34. The number of amides is 1. The fourth-order valence-corrected chi connectivity index (χ4v) is 5.81. The Morgan fingerprint density at radius 3 is 2.65 bits per heavy atom. The summed E-state index contributed by atoms with van der Waals surface area (Å²) in [5, 5.41) is 0.806. The number of carbonyl (C=O) groups is 1. The molecule has 1 atom stereocenters. The number of oxazole rings is 1. The highest BCUT2D eigenvalue weighted by Gasteiger charge is 2.32. The molecule has 5 rings (SSSR count). The molecule has 8 heteroatoms. The number of halogens is 2. The number of likely N-dealkylation sites (tertiary alicyclic amines) is 1. The maximum Gasteiger partial charge on any atom is 0.274 e. The molecule has 1 amide bonds. The van der Waals surface area contributed by atoms with E-state index in [1.165, 1.54) is 23.5 Å². The van der Waals surface area contributed by atoms with Gasteiger partial charge in [0, 0.05) is 24.6 Å². The van der Waals surface area contributed by atoms with E-state index in [0.717, 1.165) is 46.0 Å². The van der Waals surface area contributed by atoms with Gasteiger partial charge in [0.05, 0.1) is 9.88 Å². The number of hydrogen-bond acceptors (Lipinski definition) is 5. The summed E-state index contributed by atoms with van der Waals surface area (Å²) in [5.41, 5.74) is 2.97. The fraction of sp³-hybridized carbons (Fsp3) is 0.269. The monoisotopic (exact) mass is 539 g/mol. The molecule has 34 heavy (non-hydrogen) atoms. The van der Waals surface area contributed by atoms with Gasteiger partial charge in [0.1, 0.15) is 17.2 Å². The Kier molecular flexibility index (Phi) is 6.61. The van der Waals surface area contributed by atoms with Crippen molar-refractivity contribution in [3.63, 3.8) is 0 Å². The molecule has 4 aromatic rings. The van der Waals surface area contributed by atoms with Crippen LogP contribution in [-0.2, 0) is 6.42 Å². The topological polar surface area (TPSA) is 59.2 Å². The van der Waals surface area contributed by atoms with Gasteiger partial charge in [-0.15, -0.1) is 11.3 Å². The van der Waals surface area contributed by atoms with E-state index >= 15 is 0 Å². The van der Waals surface area contributed by atoms with Crippen LogP contribution in [0.15, 0.2) is 63.7 Å². The lowest BCUT2D eigenvalue weighted by molar-refractivity contribution is 0.0600. The van der Waals surface area contributed by atoms with Gasteiger partial charge in [0.2, 0.25) is 0 Å². The van der Waals surface area contributed by atoms with Gasteiger partial charge in [-0.25, -0.2) is 14.4 Å². The minimum absolute atomic E-state index is 0.0292. The van der Waals surface area contributed by atoms with Crippen molar-refractivity contribution in [3.05, 3.63) is 81.7 Å². The number of nitrogens with zero attached hydrogens (tertiary/aromatic N) is 3. The molecule has 1 fully saturated rings. The SMILES string of the molecule is Cc1nc(C(=O)N2CCCC[C@H]2Cc2nc(-c3ccccc3)c(Br)o2)c(-c2ccc(F)cc2)s1. The summed E-state index contributed by atoms with van der Waals surface area (Å²) in [7, 11) is 0. The predicted molar refractivity (Wildman–Crippen MR) is 134 cm³/mol. The van der Waals surface area contributed by atoms with Crippen LogP contribution >= 0.6 is 27.3 Å². The first-order valence-corrected chi connectivity index (χ1v) is 12.9. The van der Waals surface area contributed by atoms with Gasteiger partial charge < -0.3 is 9.32 Å². The second kappa shape index (κ2) is 9.80. The number of rotatable bonds is 5. The largest absolute Gasteiger partial charge is 0.433 e. The molecule has 2 aromatic heterocycles. The third-order valence-electron chi connectivity index (χ3n) is 6.02. The summed E-state index contributed by atoms with van der Waals surface area (Å²) in [6.45, 7) is 2.55. The Bertz CT molecular complexity index is 1300. The third-order valence-corrected chi connectivity index (χ3v) is 7.58. The second-order valence-electron chi connectivity index (χ2n) is 8.37. The van der Waals surface area contributed by atoms with Crippen molar-refractivity contribution in [2.45, 2.75) is 38.6 Å². The van der Waals surface area contributed by atoms with Gasteiger partial charge in [-0.1, -0.05) is 42.5 Å². The minimum Gasteiger partial charge on any atom is -0.433 e. The lowest BCUT2D eigenvalue weighted by atomic mass is 9.98. The number of benzene rings is 2. The smallest absolute Gasteiger partial charge is 0.274 e. The van der Waals surface area contributed by atoms with Crippen molar-refractivity contribution in [2.24, 2.45) is 0 Å². The van der Waals surface area contributed by atoms with Crippen LogP contribution in [0.4, 0.5) is 4.39 Å². The van der Waals surface area contributed by atoms with E-state index in [9.17, 15) is 9.18 Å². The standard InChI is InChI=1S/C26H23BrFN3O2S/c1-16-29-23(24(34-16)18-10-12-19(28)13-11-18)26(32)31-14-6-5-9-20(31)15-21-30-22(25(27)33-21)17-7-3-2-4-8-17/h2-4,7-8,10-13,20H,5-6,9,14-15H2,1H3/t20-/m0/s1. The summed E-state index contributed by atoms with van der Waals surface area (Å²) in [5.74, 6) is 0.201. The quantitative estimate of drug-likeness (QED) is 0.276. The Balaban J connectivity index is 1.41. The van der Waals surface area contributed by atoms with Crippen molar-refractivity contribution >= 4 is 33.2 Å². The van der Waals surface area contributed by atoms with E-state index < -0.39 is 0 Å². The molecule has 0 saturated carbocycles. The Labute approximate surface area is 209 Å². The van der Waals surface area contributed by atoms with E-state index in [4.69, 9.17) is 9.40 Å². The average Bonchev–Trinajstić information content (AvgIpc) is 3.42. The summed E-state index contributed by atoms with van der Waals surface area (Å²) >= 11 is 4.95. The van der Waals surface area contributed by atoms with Crippen molar-refractivity contribution in [1.82, 2.24) is 14.9 Å². The Morgan fingerprint density at radius 1 is 1.12 bits per heavy atom. The molecule has 0 bridgehead atoms. The van der Waals surface area contributed by atoms with Crippen LogP contribution in [-0.4, -0.2) is 33.4 Å². The first-order valence-electron chi connectivity index (χ1n) is 11.2. The first kappa shape index (κ1) is 22.9. The van der Waals surface area contributed by atoms with Gasteiger partial charge >= 0.3 is 0 Å². The van der Waals surface area contributed by atoms with Gasteiger partial charge in [-0.2, -0.15) is 0 Å². The van der Waals surface area contributed by atoms with Crippen LogP contribution in [0.25, 0.3) is 21.7 Å². The van der Waals surface area contributed by atoms with Crippen molar-refractivity contribution < 1.29 is 13.6 Å². The summed E-state index contributed by atoms with van der Waals surface area (Å²) < 4.78 is 20.0. The molecule has 0 radical (unpaired) electrons. The summed E-state index contributed by atoms with van der Waals surface area (Å²) in [6, 6.07) is 16.1. The molecule has 1 aliphatic rings. The first-order chi connectivity index (χ1) is 16.5. The van der Waals surface area contributed by atoms with Gasteiger partial charge in [-0.05, 0) is 59.8 Å². The van der Waals surface area contributed by atoms with Crippen LogP contribution < -0.4 is 0 Å². The highest BCUT2D eigenvalue weighted by molar-refractivity contribution is 9.10. The molecule has 0 spiro atoms. The maximum absolute atomic E-state index is 13.7. The lowest BCUT2D eigenvalue weighted by Crippen LogP contribution is -2.45. The van der Waals surface area contributed by atoms with E-state index in [-0.39, 0.29) is 17.8 Å².